The molecule has 0 aliphatic rings. The number of carbonyl (C=O) groups is 1. The van der Waals surface area contributed by atoms with Crippen LogP contribution in [0.3, 0.4) is 0 Å². The Balaban J connectivity index is 2.74. The smallest absolute Gasteiger partial charge is 0.250 e. The monoisotopic (exact) mass is 346 g/mol. The first kappa shape index (κ1) is 13.9. The standard InChI is InChI=1S/C7H8BrClN2O3S2/c8-7-4(9)3-6(15-7)16(13,14)11-2-1-5(10)12/h3,11H,1-2H2,(H2,10,12). The number of sulfonamides is 1. The summed E-state index contributed by atoms with van der Waals surface area (Å²) >= 11 is 9.84. The van der Waals surface area contributed by atoms with Gasteiger partial charge in [-0.05, 0) is 22.0 Å². The molecule has 0 saturated heterocycles. The van der Waals surface area contributed by atoms with Crippen LogP contribution in [0.2, 0.25) is 5.02 Å². The maximum Gasteiger partial charge on any atom is 0.250 e. The molecule has 3 N–H and O–H groups in total. The Morgan fingerprint density at radius 2 is 2.25 bits per heavy atom. The molecule has 0 aromatic carbocycles. The first-order valence-corrected chi connectivity index (χ1v) is 7.53. The quantitative estimate of drug-likeness (QED) is 0.842. The largest absolute Gasteiger partial charge is 0.370 e. The summed E-state index contributed by atoms with van der Waals surface area (Å²) < 4.78 is 26.2. The second-order valence-electron chi connectivity index (χ2n) is 2.80. The van der Waals surface area contributed by atoms with Crippen molar-refractivity contribution in [1.82, 2.24) is 4.72 Å². The fraction of sp³-hybridized carbons (Fsp3) is 0.286. The molecule has 0 aliphatic carbocycles. The molecule has 0 saturated carbocycles. The van der Waals surface area contributed by atoms with Gasteiger partial charge < -0.3 is 5.73 Å². The van der Waals surface area contributed by atoms with Crippen molar-refractivity contribution >= 4 is 54.8 Å². The molecule has 1 amide bonds. The van der Waals surface area contributed by atoms with Gasteiger partial charge in [-0.15, -0.1) is 11.3 Å². The first-order chi connectivity index (χ1) is 7.33. The SMILES string of the molecule is NC(=O)CCNS(=O)(=O)c1cc(Cl)c(Br)s1. The first-order valence-electron chi connectivity index (χ1n) is 4.06. The van der Waals surface area contributed by atoms with Crippen LogP contribution in [0.5, 0.6) is 0 Å². The van der Waals surface area contributed by atoms with Crippen LogP contribution in [-0.2, 0) is 14.8 Å². The van der Waals surface area contributed by atoms with Crippen molar-refractivity contribution in [1.29, 1.82) is 0 Å². The van der Waals surface area contributed by atoms with Gasteiger partial charge in [0.05, 0.1) is 8.81 Å². The van der Waals surface area contributed by atoms with Crippen molar-refractivity contribution in [3.63, 3.8) is 0 Å². The molecule has 0 atom stereocenters. The average Bonchev–Trinajstić information content (AvgIpc) is 2.46. The molecule has 0 unspecified atom stereocenters. The third kappa shape index (κ3) is 3.70. The summed E-state index contributed by atoms with van der Waals surface area (Å²) in [7, 11) is -3.61. The van der Waals surface area contributed by atoms with E-state index in [-0.39, 0.29) is 17.2 Å². The van der Waals surface area contributed by atoms with E-state index in [9.17, 15) is 13.2 Å². The summed E-state index contributed by atoms with van der Waals surface area (Å²) in [5, 5.41) is 0.334. The number of nitrogens with two attached hydrogens (primary N) is 1. The average molecular weight is 348 g/mol. The molecule has 1 rings (SSSR count). The Morgan fingerprint density at radius 1 is 1.62 bits per heavy atom. The minimum absolute atomic E-state index is 0.0230. The Bertz CT molecular complexity index is 480. The summed E-state index contributed by atoms with van der Waals surface area (Å²) in [6.45, 7) is -0.0230. The predicted octanol–water partition coefficient (Wildman–Crippen LogP) is 1.32. The van der Waals surface area contributed by atoms with Gasteiger partial charge in [-0.2, -0.15) is 0 Å². The molecule has 0 fully saturated rings. The molecule has 0 radical (unpaired) electrons. The zero-order valence-corrected chi connectivity index (χ0v) is 11.8. The summed E-state index contributed by atoms with van der Waals surface area (Å²) in [4.78, 5) is 10.4. The predicted molar refractivity (Wildman–Crippen MR) is 66.0 cm³/mol. The lowest BCUT2D eigenvalue weighted by molar-refractivity contribution is -0.117. The van der Waals surface area contributed by atoms with Gasteiger partial charge in [-0.25, -0.2) is 13.1 Å². The van der Waals surface area contributed by atoms with Gasteiger partial charge in [0.1, 0.15) is 4.21 Å². The third-order valence-corrected chi connectivity index (χ3v) is 5.96. The second kappa shape index (κ2) is 5.46. The maximum atomic E-state index is 11.6. The highest BCUT2D eigenvalue weighted by atomic mass is 79.9. The number of thiophene rings is 1. The van der Waals surface area contributed by atoms with Crippen LogP contribution in [0.4, 0.5) is 0 Å². The number of amides is 1. The fourth-order valence-electron chi connectivity index (χ4n) is 0.839. The van der Waals surface area contributed by atoms with E-state index in [0.717, 1.165) is 11.3 Å². The molecular weight excluding hydrogens is 340 g/mol. The molecule has 16 heavy (non-hydrogen) atoms. The highest BCUT2D eigenvalue weighted by Crippen LogP contribution is 2.34. The Morgan fingerprint density at radius 3 is 2.69 bits per heavy atom. The lowest BCUT2D eigenvalue weighted by Gasteiger charge is -2.02. The van der Waals surface area contributed by atoms with E-state index in [1.807, 2.05) is 0 Å². The van der Waals surface area contributed by atoms with Crippen LogP contribution >= 0.6 is 38.9 Å². The van der Waals surface area contributed by atoms with E-state index in [1.54, 1.807) is 0 Å². The number of halogens is 2. The third-order valence-electron chi connectivity index (χ3n) is 1.55. The number of primary amides is 1. The molecular formula is C7H8BrClN2O3S2. The summed E-state index contributed by atoms with van der Waals surface area (Å²) in [5.41, 5.74) is 4.89. The normalized spacial score (nSPS) is 11.6. The minimum atomic E-state index is -3.61. The van der Waals surface area contributed by atoms with E-state index < -0.39 is 15.9 Å². The molecule has 5 nitrogen and oxygen atoms in total. The van der Waals surface area contributed by atoms with Gasteiger partial charge in [-0.3, -0.25) is 4.79 Å². The highest BCUT2D eigenvalue weighted by Gasteiger charge is 2.18. The van der Waals surface area contributed by atoms with Gasteiger partial charge in [0.2, 0.25) is 15.9 Å². The van der Waals surface area contributed by atoms with Gasteiger partial charge in [0, 0.05) is 13.0 Å². The number of hydrogen-bond donors (Lipinski definition) is 2. The van der Waals surface area contributed by atoms with Gasteiger partial charge >= 0.3 is 0 Å². The van der Waals surface area contributed by atoms with Crippen LogP contribution < -0.4 is 10.5 Å². The fourth-order valence-corrected chi connectivity index (χ4v) is 4.31. The van der Waals surface area contributed by atoms with E-state index >= 15 is 0 Å². The van der Waals surface area contributed by atoms with Crippen molar-refractivity contribution in [3.05, 3.63) is 14.9 Å². The minimum Gasteiger partial charge on any atom is -0.370 e. The lowest BCUT2D eigenvalue weighted by Crippen LogP contribution is -2.27. The number of rotatable bonds is 5. The van der Waals surface area contributed by atoms with E-state index in [1.165, 1.54) is 6.07 Å². The molecule has 1 aromatic rings. The Kier molecular flexibility index (Phi) is 4.74. The number of carbonyl (C=O) groups excluding carboxylic acids is 1. The number of nitrogens with one attached hydrogen (secondary N) is 1. The van der Waals surface area contributed by atoms with Crippen LogP contribution in [0.1, 0.15) is 6.42 Å². The molecule has 0 aliphatic heterocycles. The van der Waals surface area contributed by atoms with Crippen molar-refractivity contribution < 1.29 is 13.2 Å². The summed E-state index contributed by atoms with van der Waals surface area (Å²) in [5.74, 6) is -0.562. The van der Waals surface area contributed by atoms with Crippen LogP contribution in [0.15, 0.2) is 14.1 Å². The zero-order valence-electron chi connectivity index (χ0n) is 7.87. The van der Waals surface area contributed by atoms with E-state index in [2.05, 4.69) is 20.7 Å². The second-order valence-corrected chi connectivity index (χ2v) is 7.57. The topological polar surface area (TPSA) is 89.3 Å². The molecule has 1 heterocycles. The molecule has 0 bridgehead atoms. The lowest BCUT2D eigenvalue weighted by atomic mass is 10.4. The van der Waals surface area contributed by atoms with Gasteiger partial charge in [0.15, 0.2) is 0 Å². The van der Waals surface area contributed by atoms with E-state index in [4.69, 9.17) is 17.3 Å². The Hall–Kier alpha value is -0.150. The summed E-state index contributed by atoms with van der Waals surface area (Å²) in [6.07, 6.45) is -0.0422. The van der Waals surface area contributed by atoms with Crippen LogP contribution in [0.25, 0.3) is 0 Å². The van der Waals surface area contributed by atoms with Crippen molar-refractivity contribution in [3.8, 4) is 0 Å². The summed E-state index contributed by atoms with van der Waals surface area (Å²) in [6, 6.07) is 1.34. The van der Waals surface area contributed by atoms with Crippen molar-refractivity contribution in [2.75, 3.05) is 6.54 Å². The molecule has 9 heteroatoms. The van der Waals surface area contributed by atoms with Gasteiger partial charge in [-0.1, -0.05) is 11.6 Å². The molecule has 1 aromatic heterocycles. The Labute approximate surface area is 110 Å². The van der Waals surface area contributed by atoms with Crippen molar-refractivity contribution in [2.45, 2.75) is 10.6 Å². The van der Waals surface area contributed by atoms with Crippen molar-refractivity contribution in [2.24, 2.45) is 5.73 Å². The van der Waals surface area contributed by atoms with Crippen LogP contribution in [-0.4, -0.2) is 20.9 Å². The molecule has 90 valence electrons. The highest BCUT2D eigenvalue weighted by molar-refractivity contribution is 9.11. The molecule has 0 spiro atoms. The van der Waals surface area contributed by atoms with E-state index in [0.29, 0.717) is 8.81 Å². The number of hydrogen-bond acceptors (Lipinski definition) is 4. The van der Waals surface area contributed by atoms with Crippen LogP contribution in [0, 0.1) is 0 Å². The van der Waals surface area contributed by atoms with Gasteiger partial charge in [0.25, 0.3) is 0 Å². The zero-order chi connectivity index (χ0) is 12.3. The maximum absolute atomic E-state index is 11.6.